The molecule has 31 heavy (non-hydrogen) atoms. The van der Waals surface area contributed by atoms with E-state index < -0.39 is 5.91 Å². The summed E-state index contributed by atoms with van der Waals surface area (Å²) in [6, 6.07) is 16.7. The number of anilines is 1. The second kappa shape index (κ2) is 9.06. The van der Waals surface area contributed by atoms with E-state index in [0.29, 0.717) is 27.9 Å². The quantitative estimate of drug-likeness (QED) is 0.415. The molecule has 1 N–H and O–H groups in total. The summed E-state index contributed by atoms with van der Waals surface area (Å²) >= 11 is 5.95. The Morgan fingerprint density at radius 3 is 2.84 bits per heavy atom. The van der Waals surface area contributed by atoms with Crippen LogP contribution in [0, 0.1) is 12.7 Å². The Morgan fingerprint density at radius 1 is 1.19 bits per heavy atom. The van der Waals surface area contributed by atoms with Crippen LogP contribution in [0.3, 0.4) is 0 Å². The smallest absolute Gasteiger partial charge is 0.292 e. The molecular formula is C23H19ClFN3O3. The van der Waals surface area contributed by atoms with Crippen LogP contribution in [0.5, 0.6) is 5.75 Å². The van der Waals surface area contributed by atoms with Gasteiger partial charge in [-0.15, -0.1) is 0 Å². The lowest BCUT2D eigenvalue weighted by molar-refractivity contribution is 0.0992. The third-order valence-corrected chi connectivity index (χ3v) is 4.80. The molecular weight excluding hydrogens is 421 g/mol. The van der Waals surface area contributed by atoms with E-state index in [-0.39, 0.29) is 24.7 Å². The molecule has 4 rings (SSSR count). The Morgan fingerprint density at radius 2 is 2.03 bits per heavy atom. The van der Waals surface area contributed by atoms with E-state index in [2.05, 4.69) is 10.4 Å². The number of nitrogens with one attached hydrogen (secondary N) is 1. The molecule has 0 aliphatic rings. The van der Waals surface area contributed by atoms with Crippen LogP contribution in [0.15, 0.2) is 71.3 Å². The first-order valence-electron chi connectivity index (χ1n) is 9.54. The van der Waals surface area contributed by atoms with E-state index >= 15 is 0 Å². The largest absolute Gasteiger partial charge is 0.485 e. The number of rotatable bonds is 7. The Balaban J connectivity index is 1.35. The van der Waals surface area contributed by atoms with Crippen molar-refractivity contribution in [2.45, 2.75) is 20.1 Å². The fourth-order valence-electron chi connectivity index (χ4n) is 3.00. The van der Waals surface area contributed by atoms with Crippen molar-refractivity contribution in [3.8, 4) is 5.75 Å². The number of halogens is 2. The van der Waals surface area contributed by atoms with Gasteiger partial charge in [0, 0.05) is 22.8 Å². The lowest BCUT2D eigenvalue weighted by Crippen LogP contribution is -2.12. The summed E-state index contributed by atoms with van der Waals surface area (Å²) in [6.45, 7) is 2.33. The number of carbonyl (C=O) groups excluding carboxylic acids is 1. The van der Waals surface area contributed by atoms with Gasteiger partial charge in [0.15, 0.2) is 11.6 Å². The predicted molar refractivity (Wildman–Crippen MR) is 115 cm³/mol. The first-order chi connectivity index (χ1) is 15.0. The molecule has 2 aromatic carbocycles. The minimum atomic E-state index is -0.440. The van der Waals surface area contributed by atoms with E-state index in [1.54, 1.807) is 59.4 Å². The summed E-state index contributed by atoms with van der Waals surface area (Å²) in [5.41, 5.74) is 1.41. The third kappa shape index (κ3) is 5.13. The van der Waals surface area contributed by atoms with Crippen LogP contribution >= 0.6 is 11.6 Å². The number of hydrogen-bond acceptors (Lipinski definition) is 4. The molecule has 6 nitrogen and oxygen atoms in total. The van der Waals surface area contributed by atoms with E-state index in [9.17, 15) is 9.18 Å². The number of hydrogen-bond donors (Lipinski definition) is 1. The average molecular weight is 440 g/mol. The molecule has 0 atom stereocenters. The van der Waals surface area contributed by atoms with Crippen molar-refractivity contribution in [2.24, 2.45) is 0 Å². The number of benzene rings is 2. The number of furan rings is 1. The van der Waals surface area contributed by atoms with Gasteiger partial charge in [-0.25, -0.2) is 4.39 Å². The van der Waals surface area contributed by atoms with Crippen molar-refractivity contribution in [3.05, 3.63) is 100 Å². The lowest BCUT2D eigenvalue weighted by atomic mass is 10.2. The molecule has 2 aromatic heterocycles. The van der Waals surface area contributed by atoms with Gasteiger partial charge in [0.1, 0.15) is 23.9 Å². The second-order valence-corrected chi connectivity index (χ2v) is 7.34. The Bertz CT molecular complexity index is 1220. The molecule has 0 spiro atoms. The molecule has 0 fully saturated rings. The highest BCUT2D eigenvalue weighted by molar-refractivity contribution is 6.30. The van der Waals surface area contributed by atoms with Crippen LogP contribution in [-0.4, -0.2) is 15.7 Å². The van der Waals surface area contributed by atoms with Gasteiger partial charge in [-0.3, -0.25) is 9.48 Å². The summed E-state index contributed by atoms with van der Waals surface area (Å²) in [6.07, 6.45) is 1.66. The van der Waals surface area contributed by atoms with Gasteiger partial charge in [-0.2, -0.15) is 5.10 Å². The molecule has 158 valence electrons. The Hall–Kier alpha value is -3.58. The zero-order valence-corrected chi connectivity index (χ0v) is 17.4. The summed E-state index contributed by atoms with van der Waals surface area (Å²) in [7, 11) is 0. The average Bonchev–Trinajstić information content (AvgIpc) is 3.39. The van der Waals surface area contributed by atoms with Gasteiger partial charge >= 0.3 is 0 Å². The molecule has 1 amide bonds. The van der Waals surface area contributed by atoms with Gasteiger partial charge in [0.2, 0.25) is 0 Å². The molecule has 0 aliphatic heterocycles. The number of amides is 1. The molecule has 0 saturated heterocycles. The monoisotopic (exact) mass is 439 g/mol. The van der Waals surface area contributed by atoms with Gasteiger partial charge in [-0.05, 0) is 48.9 Å². The molecule has 0 saturated carbocycles. The van der Waals surface area contributed by atoms with Crippen LogP contribution in [-0.2, 0) is 13.2 Å². The minimum absolute atomic E-state index is 0.134. The number of aryl methyl sites for hydroxylation is 1. The highest BCUT2D eigenvalue weighted by Crippen LogP contribution is 2.23. The lowest BCUT2D eigenvalue weighted by Gasteiger charge is -2.07. The molecule has 0 aliphatic carbocycles. The maximum Gasteiger partial charge on any atom is 0.292 e. The van der Waals surface area contributed by atoms with Crippen LogP contribution in [0.4, 0.5) is 10.2 Å². The number of carbonyl (C=O) groups is 1. The van der Waals surface area contributed by atoms with E-state index in [1.165, 1.54) is 6.07 Å². The van der Waals surface area contributed by atoms with E-state index in [1.807, 2.05) is 13.0 Å². The predicted octanol–water partition coefficient (Wildman–Crippen LogP) is 5.46. The van der Waals surface area contributed by atoms with Crippen molar-refractivity contribution in [1.82, 2.24) is 9.78 Å². The summed E-state index contributed by atoms with van der Waals surface area (Å²) in [5.74, 6) is 0.923. The third-order valence-electron chi connectivity index (χ3n) is 4.56. The Labute approximate surface area is 183 Å². The van der Waals surface area contributed by atoms with Gasteiger partial charge < -0.3 is 14.5 Å². The first kappa shape index (κ1) is 20.7. The highest BCUT2D eigenvalue weighted by Gasteiger charge is 2.14. The van der Waals surface area contributed by atoms with E-state index in [0.717, 1.165) is 5.56 Å². The molecule has 2 heterocycles. The SMILES string of the molecule is Cc1cc(Cl)ccc1OCc1ccc(C(=O)Nc2ccn(Cc3ccccc3F)n2)o1. The van der Waals surface area contributed by atoms with Crippen molar-refractivity contribution in [1.29, 1.82) is 0 Å². The van der Waals surface area contributed by atoms with E-state index in [4.69, 9.17) is 20.8 Å². The first-order valence-corrected chi connectivity index (χ1v) is 9.91. The topological polar surface area (TPSA) is 69.3 Å². The number of aromatic nitrogens is 2. The maximum absolute atomic E-state index is 13.8. The standard InChI is InChI=1S/C23H19ClFN3O3/c1-15-12-17(24)6-8-20(15)30-14-18-7-9-21(31-18)23(29)26-22-10-11-28(27-22)13-16-4-2-3-5-19(16)25/h2-12H,13-14H2,1H3,(H,26,27,29). The number of nitrogens with zero attached hydrogens (tertiary/aromatic N) is 2. The van der Waals surface area contributed by atoms with Gasteiger partial charge in [0.25, 0.3) is 5.91 Å². The van der Waals surface area contributed by atoms with Gasteiger partial charge in [0.05, 0.1) is 6.54 Å². The highest BCUT2D eigenvalue weighted by atomic mass is 35.5. The zero-order chi connectivity index (χ0) is 21.8. The summed E-state index contributed by atoms with van der Waals surface area (Å²) in [4.78, 5) is 12.4. The zero-order valence-electron chi connectivity index (χ0n) is 16.6. The van der Waals surface area contributed by atoms with Crippen LogP contribution in [0.25, 0.3) is 0 Å². The summed E-state index contributed by atoms with van der Waals surface area (Å²) < 4.78 is 26.6. The fourth-order valence-corrected chi connectivity index (χ4v) is 3.22. The Kier molecular flexibility index (Phi) is 6.04. The maximum atomic E-state index is 13.8. The van der Waals surface area contributed by atoms with Crippen LogP contribution in [0.2, 0.25) is 5.02 Å². The molecule has 0 bridgehead atoms. The van der Waals surface area contributed by atoms with Crippen molar-refractivity contribution in [2.75, 3.05) is 5.32 Å². The van der Waals surface area contributed by atoms with Crippen molar-refractivity contribution >= 4 is 23.3 Å². The normalized spacial score (nSPS) is 10.8. The second-order valence-electron chi connectivity index (χ2n) is 6.91. The van der Waals surface area contributed by atoms with Crippen LogP contribution in [0.1, 0.15) is 27.4 Å². The van der Waals surface area contributed by atoms with Crippen molar-refractivity contribution in [3.63, 3.8) is 0 Å². The van der Waals surface area contributed by atoms with Crippen LogP contribution < -0.4 is 10.1 Å². The molecule has 0 unspecified atom stereocenters. The van der Waals surface area contributed by atoms with Gasteiger partial charge in [-0.1, -0.05) is 29.8 Å². The molecule has 0 radical (unpaired) electrons. The minimum Gasteiger partial charge on any atom is -0.485 e. The summed E-state index contributed by atoms with van der Waals surface area (Å²) in [5, 5.41) is 7.56. The molecule has 4 aromatic rings. The number of ether oxygens (including phenoxy) is 1. The fraction of sp³-hybridized carbons (Fsp3) is 0.130. The van der Waals surface area contributed by atoms with Crippen molar-refractivity contribution < 1.29 is 18.3 Å². The molecule has 8 heteroatoms.